The van der Waals surface area contributed by atoms with Gasteiger partial charge in [0.1, 0.15) is 5.82 Å². The van der Waals surface area contributed by atoms with Crippen LogP contribution in [0.15, 0.2) is 109 Å². The highest BCUT2D eigenvalue weighted by Crippen LogP contribution is 2.36. The van der Waals surface area contributed by atoms with Crippen molar-refractivity contribution in [3.8, 4) is 0 Å². The van der Waals surface area contributed by atoms with E-state index in [-0.39, 0.29) is 17.6 Å². The molecule has 0 N–H and O–H groups in total. The van der Waals surface area contributed by atoms with Crippen LogP contribution in [0.1, 0.15) is 34.6 Å². The highest BCUT2D eigenvalue weighted by atomic mass is 19.1. The second-order valence-electron chi connectivity index (χ2n) is 10.7. The third kappa shape index (κ3) is 5.37. The van der Waals surface area contributed by atoms with E-state index in [4.69, 9.17) is 0 Å². The van der Waals surface area contributed by atoms with E-state index in [0.29, 0.717) is 38.3 Å². The fourth-order valence-corrected chi connectivity index (χ4v) is 5.97. The van der Waals surface area contributed by atoms with E-state index in [1.54, 1.807) is 6.07 Å². The van der Waals surface area contributed by atoms with Gasteiger partial charge in [-0.1, -0.05) is 90.5 Å². The summed E-state index contributed by atoms with van der Waals surface area (Å²) in [5.74, 6) is -0.146. The molecule has 1 aliphatic rings. The Morgan fingerprint density at radius 1 is 0.825 bits per heavy atom. The Balaban J connectivity index is 1.29. The van der Waals surface area contributed by atoms with Gasteiger partial charge < -0.3 is 14.4 Å². The van der Waals surface area contributed by atoms with Crippen LogP contribution >= 0.6 is 0 Å². The largest absolute Gasteiger partial charge is 0.366 e. The SMILES string of the molecule is Cc1cccc(C(CC(=O)N2CCN(c3ccccc3F)CC2)c2cn(Cc3ccccc3)c3ccccc23)c1. The van der Waals surface area contributed by atoms with Gasteiger partial charge in [-0.25, -0.2) is 4.39 Å². The molecule has 0 spiro atoms. The van der Waals surface area contributed by atoms with Crippen molar-refractivity contribution in [3.05, 3.63) is 137 Å². The molecule has 0 aliphatic carbocycles. The summed E-state index contributed by atoms with van der Waals surface area (Å²) >= 11 is 0. The number of nitrogens with zero attached hydrogens (tertiary/aromatic N) is 3. The number of hydrogen-bond acceptors (Lipinski definition) is 2. The third-order valence-electron chi connectivity index (χ3n) is 8.04. The Morgan fingerprint density at radius 3 is 2.33 bits per heavy atom. The number of carbonyl (C=O) groups is 1. The number of para-hydroxylation sites is 2. The number of aryl methyl sites for hydroxylation is 1. The molecule has 1 aliphatic heterocycles. The number of aromatic nitrogens is 1. The molecular formula is C35H34FN3O. The first-order valence-electron chi connectivity index (χ1n) is 14.0. The van der Waals surface area contributed by atoms with Crippen LogP contribution in [0.2, 0.25) is 0 Å². The maximum atomic E-state index is 14.4. The van der Waals surface area contributed by atoms with Crippen LogP contribution in [0.4, 0.5) is 10.1 Å². The van der Waals surface area contributed by atoms with Crippen LogP contribution in [0.25, 0.3) is 10.9 Å². The lowest BCUT2D eigenvalue weighted by atomic mass is 9.87. The van der Waals surface area contributed by atoms with Gasteiger partial charge in [0.05, 0.1) is 5.69 Å². The number of benzene rings is 4. The molecule has 4 aromatic carbocycles. The lowest BCUT2D eigenvalue weighted by Crippen LogP contribution is -2.49. The topological polar surface area (TPSA) is 28.5 Å². The zero-order valence-corrected chi connectivity index (χ0v) is 22.8. The van der Waals surface area contributed by atoms with Gasteiger partial charge >= 0.3 is 0 Å². The number of hydrogen-bond donors (Lipinski definition) is 0. The van der Waals surface area contributed by atoms with E-state index < -0.39 is 0 Å². The number of fused-ring (bicyclic) bond motifs is 1. The standard InChI is InChI=1S/C35H34FN3O/c1-26-10-9-13-28(22-26)30(23-35(40)38-20-18-37(19-21-38)34-17-8-6-15-32(34)36)31-25-39(24-27-11-3-2-4-12-27)33-16-7-5-14-29(31)33/h2-17,22,25,30H,18-21,23-24H2,1H3. The molecule has 0 radical (unpaired) electrons. The highest BCUT2D eigenvalue weighted by molar-refractivity contribution is 5.87. The molecule has 0 bridgehead atoms. The van der Waals surface area contributed by atoms with Gasteiger partial charge in [-0.3, -0.25) is 4.79 Å². The molecule has 5 aromatic rings. The van der Waals surface area contributed by atoms with E-state index in [0.717, 1.165) is 12.1 Å². The minimum atomic E-state index is -0.214. The van der Waals surface area contributed by atoms with Crippen molar-refractivity contribution in [3.63, 3.8) is 0 Å². The van der Waals surface area contributed by atoms with Gasteiger partial charge in [0, 0.05) is 62.2 Å². The zero-order chi connectivity index (χ0) is 27.5. The fourth-order valence-electron chi connectivity index (χ4n) is 5.97. The molecule has 1 fully saturated rings. The van der Waals surface area contributed by atoms with Crippen LogP contribution in [0.5, 0.6) is 0 Å². The average Bonchev–Trinajstić information content (AvgIpc) is 3.34. The molecular weight excluding hydrogens is 497 g/mol. The molecule has 6 rings (SSSR count). The molecule has 5 heteroatoms. The van der Waals surface area contributed by atoms with E-state index in [9.17, 15) is 9.18 Å². The summed E-state index contributed by atoms with van der Waals surface area (Å²) in [5, 5.41) is 1.18. The van der Waals surface area contributed by atoms with Crippen molar-refractivity contribution >= 4 is 22.5 Å². The van der Waals surface area contributed by atoms with Crippen molar-refractivity contribution in [2.45, 2.75) is 25.8 Å². The Morgan fingerprint density at radius 2 is 1.55 bits per heavy atom. The minimum Gasteiger partial charge on any atom is -0.366 e. The Hall–Kier alpha value is -4.38. The van der Waals surface area contributed by atoms with Crippen LogP contribution in [0.3, 0.4) is 0 Å². The first-order chi connectivity index (χ1) is 19.6. The van der Waals surface area contributed by atoms with Crippen molar-refractivity contribution in [2.24, 2.45) is 0 Å². The van der Waals surface area contributed by atoms with Crippen LogP contribution in [-0.2, 0) is 11.3 Å². The average molecular weight is 532 g/mol. The van der Waals surface area contributed by atoms with E-state index >= 15 is 0 Å². The normalized spacial score (nSPS) is 14.4. The summed E-state index contributed by atoms with van der Waals surface area (Å²) in [5.41, 5.74) is 6.53. The number of halogens is 1. The summed E-state index contributed by atoms with van der Waals surface area (Å²) in [6.07, 6.45) is 2.64. The molecule has 4 nitrogen and oxygen atoms in total. The van der Waals surface area contributed by atoms with E-state index in [2.05, 4.69) is 90.5 Å². The number of piperazine rings is 1. The predicted molar refractivity (Wildman–Crippen MR) is 160 cm³/mol. The Labute approximate surface area is 235 Å². The second-order valence-corrected chi connectivity index (χ2v) is 10.7. The smallest absolute Gasteiger partial charge is 0.223 e. The third-order valence-corrected chi connectivity index (χ3v) is 8.04. The summed E-state index contributed by atoms with van der Waals surface area (Å²) in [4.78, 5) is 17.8. The summed E-state index contributed by atoms with van der Waals surface area (Å²) < 4.78 is 16.7. The molecule has 1 saturated heterocycles. The summed E-state index contributed by atoms with van der Waals surface area (Å²) in [6.45, 7) is 5.29. The Kier molecular flexibility index (Phi) is 7.37. The fraction of sp³-hybridized carbons (Fsp3) is 0.229. The maximum absolute atomic E-state index is 14.4. The van der Waals surface area contributed by atoms with Gasteiger partial charge in [-0.2, -0.15) is 0 Å². The number of carbonyl (C=O) groups excluding carboxylic acids is 1. The van der Waals surface area contributed by atoms with Crippen LogP contribution in [-0.4, -0.2) is 41.6 Å². The number of anilines is 1. The summed E-state index contributed by atoms with van der Waals surface area (Å²) in [7, 11) is 0. The molecule has 2 heterocycles. The van der Waals surface area contributed by atoms with Gasteiger partial charge in [0.25, 0.3) is 0 Å². The molecule has 1 unspecified atom stereocenters. The Bertz CT molecular complexity index is 1620. The van der Waals surface area contributed by atoms with E-state index in [1.807, 2.05) is 28.0 Å². The van der Waals surface area contributed by atoms with Crippen LogP contribution < -0.4 is 4.90 Å². The monoisotopic (exact) mass is 531 g/mol. The predicted octanol–water partition coefficient (Wildman–Crippen LogP) is 7.01. The quantitative estimate of drug-likeness (QED) is 0.226. The molecule has 1 aromatic heterocycles. The number of amides is 1. The number of rotatable bonds is 7. The summed E-state index contributed by atoms with van der Waals surface area (Å²) in [6, 6.07) is 34.4. The lowest BCUT2D eigenvalue weighted by Gasteiger charge is -2.36. The second kappa shape index (κ2) is 11.4. The lowest BCUT2D eigenvalue weighted by molar-refractivity contribution is -0.131. The van der Waals surface area contributed by atoms with Gasteiger partial charge in [0.2, 0.25) is 5.91 Å². The zero-order valence-electron chi connectivity index (χ0n) is 22.8. The molecule has 0 saturated carbocycles. The van der Waals surface area contributed by atoms with Crippen molar-refractivity contribution in [1.82, 2.24) is 9.47 Å². The molecule has 1 atom stereocenters. The molecule has 40 heavy (non-hydrogen) atoms. The van der Waals surface area contributed by atoms with E-state index in [1.165, 1.54) is 33.7 Å². The van der Waals surface area contributed by atoms with Crippen molar-refractivity contribution in [1.29, 1.82) is 0 Å². The molecule has 202 valence electrons. The van der Waals surface area contributed by atoms with Gasteiger partial charge in [-0.05, 0) is 41.8 Å². The highest BCUT2D eigenvalue weighted by Gasteiger charge is 2.28. The van der Waals surface area contributed by atoms with Gasteiger partial charge in [0.15, 0.2) is 0 Å². The molecule has 1 amide bonds. The van der Waals surface area contributed by atoms with Crippen molar-refractivity contribution < 1.29 is 9.18 Å². The van der Waals surface area contributed by atoms with Gasteiger partial charge in [-0.15, -0.1) is 0 Å². The van der Waals surface area contributed by atoms with Crippen molar-refractivity contribution in [2.75, 3.05) is 31.1 Å². The first-order valence-corrected chi connectivity index (χ1v) is 14.0. The minimum absolute atomic E-state index is 0.0704. The first kappa shape index (κ1) is 25.9. The maximum Gasteiger partial charge on any atom is 0.223 e. The van der Waals surface area contributed by atoms with Crippen LogP contribution in [0, 0.1) is 12.7 Å².